The van der Waals surface area contributed by atoms with Gasteiger partial charge in [0.25, 0.3) is 0 Å². The molecule has 0 radical (unpaired) electrons. The highest BCUT2D eigenvalue weighted by atomic mass is 15.2. The van der Waals surface area contributed by atoms with Crippen molar-refractivity contribution in [1.29, 1.82) is 10.8 Å². The summed E-state index contributed by atoms with van der Waals surface area (Å²) in [7, 11) is 0. The smallest absolute Gasteiger partial charge is 0.154 e. The van der Waals surface area contributed by atoms with Gasteiger partial charge in [0.05, 0.1) is 18.8 Å². The molecule has 2 aromatic rings. The van der Waals surface area contributed by atoms with E-state index in [2.05, 4.69) is 29.5 Å². The Balaban J connectivity index is 2.34. The van der Waals surface area contributed by atoms with Crippen LogP contribution in [0.4, 0.5) is 0 Å². The molecule has 1 heterocycles. The van der Waals surface area contributed by atoms with Crippen LogP contribution in [0.5, 0.6) is 0 Å². The fraction of sp³-hybridized carbons (Fsp3) is 0.263. The largest absolute Gasteiger partial charge is 0.322 e. The average molecular weight is 336 g/mol. The van der Waals surface area contributed by atoms with Gasteiger partial charge in [-0.1, -0.05) is 24.8 Å². The molecule has 1 atom stereocenters. The zero-order valence-electron chi connectivity index (χ0n) is 14.9. The predicted molar refractivity (Wildman–Crippen MR) is 102 cm³/mol. The van der Waals surface area contributed by atoms with Gasteiger partial charge >= 0.3 is 0 Å². The van der Waals surface area contributed by atoms with Crippen molar-refractivity contribution in [2.75, 3.05) is 6.54 Å². The summed E-state index contributed by atoms with van der Waals surface area (Å²) in [5.74, 6) is 0.226. The number of rotatable bonds is 5. The SMILES string of the molecule is C=C(CN(C(=N)c1cnccn1)C(=N)[C@@H](C)N)c1cccc(C)c1C. The number of nitrogens with zero attached hydrogens (tertiary/aromatic N) is 3. The Morgan fingerprint density at radius 2 is 2.00 bits per heavy atom. The summed E-state index contributed by atoms with van der Waals surface area (Å²) < 4.78 is 0. The molecule has 1 aromatic carbocycles. The van der Waals surface area contributed by atoms with Gasteiger partial charge in [0, 0.05) is 12.4 Å². The van der Waals surface area contributed by atoms with Crippen LogP contribution in [0.3, 0.4) is 0 Å². The van der Waals surface area contributed by atoms with Gasteiger partial charge in [-0.05, 0) is 43.0 Å². The van der Waals surface area contributed by atoms with E-state index in [1.165, 1.54) is 22.9 Å². The van der Waals surface area contributed by atoms with Crippen LogP contribution in [0.1, 0.15) is 29.3 Å². The topological polar surface area (TPSA) is 103 Å². The summed E-state index contributed by atoms with van der Waals surface area (Å²) in [6, 6.07) is 5.53. The van der Waals surface area contributed by atoms with Gasteiger partial charge in [-0.25, -0.2) is 4.98 Å². The standard InChI is InChI=1S/C19H24N6/c1-12-6-5-7-16(14(12)3)13(2)11-25(18(21)15(4)20)19(22)17-10-23-8-9-24-17/h5-10,15,21-22H,2,11,20H2,1,3-4H3/t15-/m1/s1. The van der Waals surface area contributed by atoms with Gasteiger partial charge in [0.2, 0.25) is 0 Å². The van der Waals surface area contributed by atoms with E-state index >= 15 is 0 Å². The van der Waals surface area contributed by atoms with Gasteiger partial charge in [-0.15, -0.1) is 0 Å². The molecule has 0 bridgehead atoms. The van der Waals surface area contributed by atoms with Crippen molar-refractivity contribution in [3.05, 3.63) is 65.8 Å². The maximum Gasteiger partial charge on any atom is 0.154 e. The molecule has 6 heteroatoms. The molecular formula is C19H24N6. The lowest BCUT2D eigenvalue weighted by molar-refractivity contribution is 0.639. The molecule has 6 nitrogen and oxygen atoms in total. The van der Waals surface area contributed by atoms with Gasteiger partial charge in [0.1, 0.15) is 11.5 Å². The molecule has 0 unspecified atom stereocenters. The minimum atomic E-state index is -0.511. The number of hydrogen-bond donors (Lipinski definition) is 3. The lowest BCUT2D eigenvalue weighted by Gasteiger charge is -2.28. The predicted octanol–water partition coefficient (Wildman–Crippen LogP) is 2.76. The van der Waals surface area contributed by atoms with Crippen LogP contribution in [-0.4, -0.2) is 39.1 Å². The number of nitrogens with two attached hydrogens (primary N) is 1. The van der Waals surface area contributed by atoms with Gasteiger partial charge in [-0.3, -0.25) is 15.8 Å². The Morgan fingerprint density at radius 3 is 2.60 bits per heavy atom. The Kier molecular flexibility index (Phi) is 5.77. The van der Waals surface area contributed by atoms with Crippen molar-refractivity contribution in [3.8, 4) is 0 Å². The monoisotopic (exact) mass is 336 g/mol. The number of hydrogen-bond acceptors (Lipinski definition) is 5. The summed E-state index contributed by atoms with van der Waals surface area (Å²) >= 11 is 0. The molecule has 2 rings (SSSR count). The highest BCUT2D eigenvalue weighted by molar-refractivity contribution is 6.08. The molecule has 4 N–H and O–H groups in total. The molecule has 0 aliphatic heterocycles. The fourth-order valence-electron chi connectivity index (χ4n) is 2.50. The van der Waals surface area contributed by atoms with Crippen molar-refractivity contribution in [2.24, 2.45) is 5.73 Å². The summed E-state index contributed by atoms with van der Waals surface area (Å²) in [5.41, 5.74) is 10.4. The lowest BCUT2D eigenvalue weighted by Crippen LogP contribution is -2.46. The van der Waals surface area contributed by atoms with Gasteiger partial charge in [0.15, 0.2) is 5.84 Å². The summed E-state index contributed by atoms with van der Waals surface area (Å²) in [6.07, 6.45) is 4.58. The third-order valence-electron chi connectivity index (χ3n) is 4.13. The number of aryl methyl sites for hydroxylation is 1. The van der Waals surface area contributed by atoms with Crippen LogP contribution in [0.2, 0.25) is 0 Å². The highest BCUT2D eigenvalue weighted by Gasteiger charge is 2.22. The van der Waals surface area contributed by atoms with Crippen LogP contribution in [0, 0.1) is 24.7 Å². The maximum atomic E-state index is 8.45. The zero-order valence-corrected chi connectivity index (χ0v) is 14.9. The third-order valence-corrected chi connectivity index (χ3v) is 4.13. The van der Waals surface area contributed by atoms with Crippen LogP contribution in [0.25, 0.3) is 5.57 Å². The molecule has 0 amide bonds. The molecule has 0 aliphatic rings. The quantitative estimate of drug-likeness (QED) is 0.577. The van der Waals surface area contributed by atoms with Crippen molar-refractivity contribution >= 4 is 17.2 Å². The molecule has 0 saturated carbocycles. The Morgan fingerprint density at radius 1 is 1.28 bits per heavy atom. The van der Waals surface area contributed by atoms with E-state index in [-0.39, 0.29) is 11.7 Å². The van der Waals surface area contributed by atoms with E-state index < -0.39 is 6.04 Å². The molecule has 130 valence electrons. The summed E-state index contributed by atoms with van der Waals surface area (Å²) in [4.78, 5) is 9.68. The summed E-state index contributed by atoms with van der Waals surface area (Å²) in [5, 5.41) is 16.8. The Hall–Kier alpha value is -2.86. The molecule has 0 saturated heterocycles. The van der Waals surface area contributed by atoms with E-state index in [9.17, 15) is 0 Å². The highest BCUT2D eigenvalue weighted by Crippen LogP contribution is 2.22. The van der Waals surface area contributed by atoms with Gasteiger partial charge in [-0.2, -0.15) is 0 Å². The minimum absolute atomic E-state index is 0.0851. The second-order valence-corrected chi connectivity index (χ2v) is 6.05. The Bertz CT molecular complexity index is 795. The normalized spacial score (nSPS) is 11.7. The van der Waals surface area contributed by atoms with Crippen molar-refractivity contribution in [3.63, 3.8) is 0 Å². The first-order valence-corrected chi connectivity index (χ1v) is 8.03. The molecule has 0 spiro atoms. The third kappa shape index (κ3) is 4.16. The van der Waals surface area contributed by atoms with Crippen molar-refractivity contribution in [2.45, 2.75) is 26.8 Å². The van der Waals surface area contributed by atoms with E-state index in [0.29, 0.717) is 12.2 Å². The van der Waals surface area contributed by atoms with E-state index in [0.717, 1.165) is 16.7 Å². The summed E-state index contributed by atoms with van der Waals surface area (Å²) in [6.45, 7) is 10.3. The van der Waals surface area contributed by atoms with Crippen molar-refractivity contribution in [1.82, 2.24) is 14.9 Å². The maximum absolute atomic E-state index is 8.45. The van der Waals surface area contributed by atoms with Crippen LogP contribution < -0.4 is 5.73 Å². The first kappa shape index (κ1) is 18.5. The zero-order chi connectivity index (χ0) is 18.6. The van der Waals surface area contributed by atoms with E-state index in [4.69, 9.17) is 16.6 Å². The molecule has 0 fully saturated rings. The van der Waals surface area contributed by atoms with Gasteiger partial charge < -0.3 is 10.6 Å². The van der Waals surface area contributed by atoms with Crippen molar-refractivity contribution < 1.29 is 0 Å². The molecule has 0 aliphatic carbocycles. The van der Waals surface area contributed by atoms with Crippen LogP contribution in [-0.2, 0) is 0 Å². The number of aromatic nitrogens is 2. The van der Waals surface area contributed by atoms with Crippen LogP contribution in [0.15, 0.2) is 43.4 Å². The number of nitrogens with one attached hydrogen (secondary N) is 2. The average Bonchev–Trinajstić information content (AvgIpc) is 2.61. The number of benzene rings is 1. The minimum Gasteiger partial charge on any atom is -0.322 e. The first-order chi connectivity index (χ1) is 11.8. The fourth-order valence-corrected chi connectivity index (χ4v) is 2.50. The second kappa shape index (κ2) is 7.81. The Labute approximate surface area is 148 Å². The molecule has 25 heavy (non-hydrogen) atoms. The lowest BCUT2D eigenvalue weighted by atomic mass is 9.97. The number of amidine groups is 2. The molecular weight excluding hydrogens is 312 g/mol. The van der Waals surface area contributed by atoms with Crippen LogP contribution >= 0.6 is 0 Å². The molecule has 1 aromatic heterocycles. The second-order valence-electron chi connectivity index (χ2n) is 6.05. The van der Waals surface area contributed by atoms with E-state index in [1.54, 1.807) is 13.1 Å². The van der Waals surface area contributed by atoms with E-state index in [1.807, 2.05) is 19.1 Å². The first-order valence-electron chi connectivity index (χ1n) is 8.03.